The van der Waals surface area contributed by atoms with E-state index in [1.54, 1.807) is 55.0 Å². The molecule has 2 aromatic carbocycles. The van der Waals surface area contributed by atoms with Gasteiger partial charge in [-0.1, -0.05) is 24.3 Å². The van der Waals surface area contributed by atoms with E-state index >= 15 is 0 Å². The zero-order valence-electron chi connectivity index (χ0n) is 16.7. The largest absolute Gasteiger partial charge is 0.299 e. The van der Waals surface area contributed by atoms with Crippen molar-refractivity contribution in [1.29, 1.82) is 0 Å². The van der Waals surface area contributed by atoms with E-state index < -0.39 is 10.0 Å². The van der Waals surface area contributed by atoms with Gasteiger partial charge in [0.05, 0.1) is 10.4 Å². The first kappa shape index (κ1) is 20.7. The van der Waals surface area contributed by atoms with Crippen molar-refractivity contribution in [1.82, 2.24) is 9.97 Å². The van der Waals surface area contributed by atoms with Crippen LogP contribution in [0.3, 0.4) is 0 Å². The highest BCUT2D eigenvalue weighted by molar-refractivity contribution is 7.92. The van der Waals surface area contributed by atoms with Crippen LogP contribution in [-0.4, -0.2) is 24.2 Å². The van der Waals surface area contributed by atoms with Gasteiger partial charge in [-0.15, -0.1) is 0 Å². The molecular weight excluding hydrogens is 410 g/mol. The summed E-state index contributed by atoms with van der Waals surface area (Å²) >= 11 is 0. The van der Waals surface area contributed by atoms with Gasteiger partial charge in [0.15, 0.2) is 0 Å². The minimum Gasteiger partial charge on any atom is -0.299 e. The first-order chi connectivity index (χ1) is 15.0. The number of hydrogen-bond acceptors (Lipinski definition) is 5. The maximum absolute atomic E-state index is 12.7. The summed E-state index contributed by atoms with van der Waals surface area (Å²) in [5, 5.41) is 0.850. The number of fused-ring (bicyclic) bond motifs is 1. The molecule has 0 aliphatic heterocycles. The summed E-state index contributed by atoms with van der Waals surface area (Å²) in [5.74, 6) is 0.0994. The number of pyridine rings is 2. The monoisotopic (exact) mass is 431 g/mol. The second kappa shape index (κ2) is 9.06. The number of nitrogens with zero attached hydrogens (tertiary/aromatic N) is 2. The molecule has 2 aromatic heterocycles. The molecule has 0 spiro atoms. The average Bonchev–Trinajstić information content (AvgIpc) is 2.78. The molecule has 0 atom stereocenters. The fourth-order valence-electron chi connectivity index (χ4n) is 3.29. The van der Waals surface area contributed by atoms with Crippen molar-refractivity contribution in [3.05, 3.63) is 96.4 Å². The molecule has 0 unspecified atom stereocenters. The molecule has 0 amide bonds. The summed E-state index contributed by atoms with van der Waals surface area (Å²) in [7, 11) is -3.74. The van der Waals surface area contributed by atoms with Gasteiger partial charge in [0, 0.05) is 42.5 Å². The smallest absolute Gasteiger partial charge is 0.261 e. The van der Waals surface area contributed by atoms with Crippen molar-refractivity contribution in [2.45, 2.75) is 24.2 Å². The Morgan fingerprint density at radius 2 is 1.71 bits per heavy atom. The Kier molecular flexibility index (Phi) is 6.04. The minimum absolute atomic E-state index is 0.0994. The third-order valence-corrected chi connectivity index (χ3v) is 6.30. The highest BCUT2D eigenvalue weighted by Gasteiger charge is 2.15. The SMILES string of the molecule is O=C(CCc1cccnc1)Cc1ccc(S(=O)(=O)Nc2ccc3ncccc3c2)cc1. The van der Waals surface area contributed by atoms with E-state index in [0.717, 1.165) is 22.0 Å². The quantitative estimate of drug-likeness (QED) is 0.452. The van der Waals surface area contributed by atoms with Gasteiger partial charge in [-0.2, -0.15) is 0 Å². The molecule has 0 radical (unpaired) electrons. The van der Waals surface area contributed by atoms with Gasteiger partial charge in [-0.3, -0.25) is 19.5 Å². The summed E-state index contributed by atoms with van der Waals surface area (Å²) in [5.41, 5.74) is 3.07. The Balaban J connectivity index is 1.39. The molecule has 0 saturated carbocycles. The standard InChI is InChI=1S/C24H21N3O3S/c28-22(9-5-19-3-1-13-25-17-19)15-18-6-10-23(11-7-18)31(29,30)27-21-8-12-24-20(16-21)4-2-14-26-24/h1-4,6-8,10-14,16-17,27H,5,9,15H2. The van der Waals surface area contributed by atoms with Crippen molar-refractivity contribution >= 4 is 32.4 Å². The molecule has 0 bridgehead atoms. The number of hydrogen-bond donors (Lipinski definition) is 1. The number of carbonyl (C=O) groups is 1. The maximum atomic E-state index is 12.7. The summed E-state index contributed by atoms with van der Waals surface area (Å²) in [6.07, 6.45) is 6.48. The van der Waals surface area contributed by atoms with Crippen molar-refractivity contribution in [2.75, 3.05) is 4.72 Å². The minimum atomic E-state index is -3.74. The van der Waals surface area contributed by atoms with E-state index in [-0.39, 0.29) is 17.1 Å². The Labute approximate surface area is 181 Å². The van der Waals surface area contributed by atoms with Crippen LogP contribution >= 0.6 is 0 Å². The van der Waals surface area contributed by atoms with E-state index in [1.807, 2.05) is 18.2 Å². The third kappa shape index (κ3) is 5.32. The van der Waals surface area contributed by atoms with Gasteiger partial charge in [0.2, 0.25) is 0 Å². The number of Topliss-reactive ketones (excluding diaryl/α,β-unsaturated/α-hetero) is 1. The van der Waals surface area contributed by atoms with Crippen LogP contribution in [0.2, 0.25) is 0 Å². The van der Waals surface area contributed by atoms with Crippen LogP contribution in [0.4, 0.5) is 5.69 Å². The van der Waals surface area contributed by atoms with Gasteiger partial charge in [0.1, 0.15) is 5.78 Å². The highest BCUT2D eigenvalue weighted by atomic mass is 32.2. The Bertz CT molecular complexity index is 1310. The average molecular weight is 432 g/mol. The molecule has 4 aromatic rings. The fraction of sp³-hybridized carbons (Fsp3) is 0.125. The molecule has 0 fully saturated rings. The van der Waals surface area contributed by atoms with Crippen molar-refractivity contribution in [2.24, 2.45) is 0 Å². The van der Waals surface area contributed by atoms with Gasteiger partial charge in [-0.05, 0) is 60.0 Å². The number of ketones is 1. The molecule has 31 heavy (non-hydrogen) atoms. The van der Waals surface area contributed by atoms with E-state index in [4.69, 9.17) is 0 Å². The lowest BCUT2D eigenvalue weighted by molar-refractivity contribution is -0.118. The number of anilines is 1. The summed E-state index contributed by atoms with van der Waals surface area (Å²) in [6, 6.07) is 19.1. The molecule has 7 heteroatoms. The van der Waals surface area contributed by atoms with Gasteiger partial charge in [0.25, 0.3) is 10.0 Å². The number of nitrogens with one attached hydrogen (secondary N) is 1. The molecule has 2 heterocycles. The molecule has 1 N–H and O–H groups in total. The summed E-state index contributed by atoms with van der Waals surface area (Å²) in [4.78, 5) is 20.7. The number of rotatable bonds is 8. The van der Waals surface area contributed by atoms with Crippen molar-refractivity contribution < 1.29 is 13.2 Å². The van der Waals surface area contributed by atoms with Crippen LogP contribution in [-0.2, 0) is 27.7 Å². The van der Waals surface area contributed by atoms with Crippen molar-refractivity contribution in [3.63, 3.8) is 0 Å². The summed E-state index contributed by atoms with van der Waals surface area (Å²) in [6.45, 7) is 0. The normalized spacial score (nSPS) is 11.4. The van der Waals surface area contributed by atoms with Gasteiger partial charge >= 0.3 is 0 Å². The fourth-order valence-corrected chi connectivity index (χ4v) is 4.33. The Morgan fingerprint density at radius 3 is 2.48 bits per heavy atom. The van der Waals surface area contributed by atoms with E-state index in [1.165, 1.54) is 12.1 Å². The Hall–Kier alpha value is -3.58. The van der Waals surface area contributed by atoms with Crippen molar-refractivity contribution in [3.8, 4) is 0 Å². The summed E-state index contributed by atoms with van der Waals surface area (Å²) < 4.78 is 28.1. The predicted molar refractivity (Wildman–Crippen MR) is 120 cm³/mol. The van der Waals surface area contributed by atoms with Crippen LogP contribution < -0.4 is 4.72 Å². The number of aryl methyl sites for hydroxylation is 1. The van der Waals surface area contributed by atoms with Gasteiger partial charge < -0.3 is 0 Å². The lowest BCUT2D eigenvalue weighted by atomic mass is 10.0. The zero-order valence-corrected chi connectivity index (χ0v) is 17.5. The van der Waals surface area contributed by atoms with E-state index in [0.29, 0.717) is 18.5 Å². The van der Waals surface area contributed by atoms with Crippen LogP contribution in [0.5, 0.6) is 0 Å². The second-order valence-corrected chi connectivity index (χ2v) is 8.92. The highest BCUT2D eigenvalue weighted by Crippen LogP contribution is 2.21. The third-order valence-electron chi connectivity index (χ3n) is 4.91. The number of aromatic nitrogens is 2. The molecule has 156 valence electrons. The number of carbonyl (C=O) groups excluding carboxylic acids is 1. The molecule has 0 saturated heterocycles. The lowest BCUT2D eigenvalue weighted by Gasteiger charge is -2.09. The molecule has 0 aliphatic carbocycles. The van der Waals surface area contributed by atoms with Gasteiger partial charge in [-0.25, -0.2) is 8.42 Å². The molecule has 0 aliphatic rings. The van der Waals surface area contributed by atoms with E-state index in [2.05, 4.69) is 14.7 Å². The predicted octanol–water partition coefficient (Wildman–Crippen LogP) is 4.18. The first-order valence-electron chi connectivity index (χ1n) is 9.87. The lowest BCUT2D eigenvalue weighted by Crippen LogP contribution is -2.13. The first-order valence-corrected chi connectivity index (χ1v) is 11.4. The topological polar surface area (TPSA) is 89.0 Å². The van der Waals surface area contributed by atoms with E-state index in [9.17, 15) is 13.2 Å². The zero-order chi connectivity index (χ0) is 21.7. The Morgan fingerprint density at radius 1 is 0.903 bits per heavy atom. The van der Waals surface area contributed by atoms with Crippen LogP contribution in [0.25, 0.3) is 10.9 Å². The number of sulfonamides is 1. The maximum Gasteiger partial charge on any atom is 0.261 e. The van der Waals surface area contributed by atoms with Crippen LogP contribution in [0.15, 0.2) is 90.2 Å². The molecular formula is C24H21N3O3S. The van der Waals surface area contributed by atoms with Crippen LogP contribution in [0, 0.1) is 0 Å². The molecule has 4 rings (SSSR count). The second-order valence-electron chi connectivity index (χ2n) is 7.24. The van der Waals surface area contributed by atoms with Crippen LogP contribution in [0.1, 0.15) is 17.5 Å². The number of benzene rings is 2. The molecule has 6 nitrogen and oxygen atoms in total.